The predicted octanol–water partition coefficient (Wildman–Crippen LogP) is 3.10. The molecular weight excluding hydrogens is 226 g/mol. The summed E-state index contributed by atoms with van der Waals surface area (Å²) in [5, 5.41) is 3.14. The second kappa shape index (κ2) is 3.27. The lowest BCUT2D eigenvalue weighted by Gasteiger charge is -2.05. The van der Waals surface area contributed by atoms with Crippen molar-refractivity contribution in [2.24, 2.45) is 10.8 Å². The van der Waals surface area contributed by atoms with Crippen molar-refractivity contribution in [3.8, 4) is 0 Å². The van der Waals surface area contributed by atoms with Crippen molar-refractivity contribution in [2.75, 3.05) is 0 Å². The second-order valence-electron chi connectivity index (χ2n) is 5.46. The first-order valence-electron chi connectivity index (χ1n) is 5.32. The van der Waals surface area contributed by atoms with Gasteiger partial charge in [-0.1, -0.05) is 27.7 Å². The molecule has 1 heterocycles. The molecule has 0 bridgehead atoms. The summed E-state index contributed by atoms with van der Waals surface area (Å²) in [6.07, 6.45) is 1.42. The Morgan fingerprint density at radius 1 is 1.38 bits per heavy atom. The molecule has 2 rings (SSSR count). The first-order chi connectivity index (χ1) is 7.28. The molecule has 0 aliphatic heterocycles. The Bertz CT molecular complexity index is 420. The van der Waals surface area contributed by atoms with Gasteiger partial charge in [0.25, 0.3) is 5.91 Å². The maximum Gasteiger partial charge on any atom is 0.256 e. The molecule has 0 spiro atoms. The Labute approximate surface area is 100 Å². The third-order valence-electron chi connectivity index (χ3n) is 4.16. The summed E-state index contributed by atoms with van der Waals surface area (Å²) in [4.78, 5) is 11.9. The van der Waals surface area contributed by atoms with Crippen LogP contribution in [-0.2, 0) is 0 Å². The van der Waals surface area contributed by atoms with Crippen LogP contribution in [0.1, 0.15) is 38.1 Å². The highest BCUT2D eigenvalue weighted by atomic mass is 35.5. The number of furan rings is 1. The van der Waals surface area contributed by atoms with Gasteiger partial charge in [-0.15, -0.1) is 0 Å². The SMILES string of the molecule is CC1(C)C(NC(=O)c2ccoc2Cl)C1(C)C. The number of carbonyl (C=O) groups excluding carboxylic acids is 1. The van der Waals surface area contributed by atoms with E-state index in [4.69, 9.17) is 16.0 Å². The lowest BCUT2D eigenvalue weighted by atomic mass is 10.0. The highest BCUT2D eigenvalue weighted by Gasteiger charge is 2.65. The number of halogens is 1. The zero-order valence-electron chi connectivity index (χ0n) is 9.93. The molecule has 1 fully saturated rings. The van der Waals surface area contributed by atoms with Crippen molar-refractivity contribution in [1.29, 1.82) is 0 Å². The number of nitrogens with one attached hydrogen (secondary N) is 1. The van der Waals surface area contributed by atoms with E-state index in [1.807, 2.05) is 0 Å². The van der Waals surface area contributed by atoms with Gasteiger partial charge in [0.15, 0.2) is 0 Å². The summed E-state index contributed by atoms with van der Waals surface area (Å²) in [5.74, 6) is -0.164. The molecule has 1 aliphatic rings. The monoisotopic (exact) mass is 241 g/mol. The first-order valence-corrected chi connectivity index (χ1v) is 5.70. The minimum absolute atomic E-state index is 0.124. The molecule has 1 aromatic heterocycles. The third-order valence-corrected chi connectivity index (χ3v) is 4.45. The summed E-state index contributed by atoms with van der Waals surface area (Å²) in [6, 6.07) is 1.76. The van der Waals surface area contributed by atoms with Gasteiger partial charge in [-0.25, -0.2) is 0 Å². The van der Waals surface area contributed by atoms with Gasteiger partial charge in [0, 0.05) is 6.04 Å². The topological polar surface area (TPSA) is 42.2 Å². The fraction of sp³-hybridized carbons (Fsp3) is 0.583. The highest BCUT2D eigenvalue weighted by Crippen LogP contribution is 2.62. The quantitative estimate of drug-likeness (QED) is 0.865. The molecule has 0 unspecified atom stereocenters. The van der Waals surface area contributed by atoms with Gasteiger partial charge in [0.05, 0.1) is 11.8 Å². The summed E-state index contributed by atoms with van der Waals surface area (Å²) >= 11 is 5.75. The zero-order valence-corrected chi connectivity index (χ0v) is 10.7. The molecule has 1 N–H and O–H groups in total. The van der Waals surface area contributed by atoms with Crippen LogP contribution in [0.4, 0.5) is 0 Å². The molecule has 1 amide bonds. The van der Waals surface area contributed by atoms with E-state index in [0.717, 1.165) is 0 Å². The van der Waals surface area contributed by atoms with E-state index in [9.17, 15) is 4.79 Å². The van der Waals surface area contributed by atoms with Crippen LogP contribution in [0.5, 0.6) is 0 Å². The fourth-order valence-corrected chi connectivity index (χ4v) is 2.42. The van der Waals surface area contributed by atoms with E-state index in [0.29, 0.717) is 5.56 Å². The number of rotatable bonds is 2. The van der Waals surface area contributed by atoms with Gasteiger partial charge in [-0.05, 0) is 28.5 Å². The summed E-state index contributed by atoms with van der Waals surface area (Å²) < 4.78 is 4.90. The van der Waals surface area contributed by atoms with Crippen LogP contribution in [0.25, 0.3) is 0 Å². The molecule has 1 aliphatic carbocycles. The molecule has 0 saturated heterocycles. The van der Waals surface area contributed by atoms with Gasteiger partial charge >= 0.3 is 0 Å². The van der Waals surface area contributed by atoms with Crippen LogP contribution in [-0.4, -0.2) is 11.9 Å². The Morgan fingerprint density at radius 3 is 2.31 bits per heavy atom. The predicted molar refractivity (Wildman–Crippen MR) is 62.5 cm³/mol. The Kier molecular flexibility index (Phi) is 2.35. The largest absolute Gasteiger partial charge is 0.452 e. The molecule has 0 atom stereocenters. The average molecular weight is 242 g/mol. The van der Waals surface area contributed by atoms with Gasteiger partial charge in [-0.3, -0.25) is 4.79 Å². The Balaban J connectivity index is 2.09. The van der Waals surface area contributed by atoms with E-state index in [-0.39, 0.29) is 28.0 Å². The second-order valence-corrected chi connectivity index (χ2v) is 5.80. The van der Waals surface area contributed by atoms with Gasteiger partial charge in [0.2, 0.25) is 5.22 Å². The third kappa shape index (κ3) is 1.46. The van der Waals surface area contributed by atoms with Crippen molar-refractivity contribution in [3.63, 3.8) is 0 Å². The van der Waals surface area contributed by atoms with E-state index < -0.39 is 0 Å². The minimum atomic E-state index is -0.164. The maximum absolute atomic E-state index is 11.9. The van der Waals surface area contributed by atoms with Crippen molar-refractivity contribution in [3.05, 3.63) is 23.1 Å². The van der Waals surface area contributed by atoms with E-state index in [2.05, 4.69) is 33.0 Å². The van der Waals surface area contributed by atoms with Gasteiger partial charge in [-0.2, -0.15) is 0 Å². The number of amides is 1. The van der Waals surface area contributed by atoms with Crippen LogP contribution >= 0.6 is 11.6 Å². The van der Waals surface area contributed by atoms with Crippen molar-refractivity contribution >= 4 is 17.5 Å². The summed E-state index contributed by atoms with van der Waals surface area (Å²) in [7, 11) is 0. The summed E-state index contributed by atoms with van der Waals surface area (Å²) in [6.45, 7) is 8.59. The van der Waals surface area contributed by atoms with E-state index in [1.54, 1.807) is 6.07 Å². The summed E-state index contributed by atoms with van der Waals surface area (Å²) in [5.41, 5.74) is 0.651. The Hall–Kier alpha value is -0.960. The standard InChI is InChI=1S/C12H16ClNO2/c1-11(2)10(12(11,3)4)14-9(15)7-5-6-16-8(7)13/h5-6,10H,1-4H3,(H,14,15). The lowest BCUT2D eigenvalue weighted by Crippen LogP contribution is -2.29. The zero-order chi connectivity index (χ0) is 12.1. The molecule has 0 radical (unpaired) electrons. The molecule has 3 nitrogen and oxygen atoms in total. The van der Waals surface area contributed by atoms with Crippen molar-refractivity contribution in [2.45, 2.75) is 33.7 Å². The van der Waals surface area contributed by atoms with Crippen LogP contribution in [0.15, 0.2) is 16.7 Å². The molecule has 4 heteroatoms. The molecule has 1 aromatic rings. The molecule has 16 heavy (non-hydrogen) atoms. The number of hydrogen-bond donors (Lipinski definition) is 1. The maximum atomic E-state index is 11.9. The minimum Gasteiger partial charge on any atom is -0.452 e. The number of carbonyl (C=O) groups is 1. The molecule has 0 aromatic carbocycles. The van der Waals surface area contributed by atoms with E-state index in [1.165, 1.54) is 6.26 Å². The van der Waals surface area contributed by atoms with Crippen LogP contribution in [0.2, 0.25) is 5.22 Å². The van der Waals surface area contributed by atoms with E-state index >= 15 is 0 Å². The van der Waals surface area contributed by atoms with Crippen LogP contribution in [0.3, 0.4) is 0 Å². The molecular formula is C12H16ClNO2. The first kappa shape index (κ1) is 11.5. The van der Waals surface area contributed by atoms with Gasteiger partial charge < -0.3 is 9.73 Å². The highest BCUT2D eigenvalue weighted by molar-refractivity contribution is 6.32. The molecule has 88 valence electrons. The number of hydrogen-bond acceptors (Lipinski definition) is 2. The molecule has 1 saturated carbocycles. The average Bonchev–Trinajstić information content (AvgIpc) is 2.57. The van der Waals surface area contributed by atoms with Crippen LogP contribution < -0.4 is 5.32 Å². The van der Waals surface area contributed by atoms with Crippen molar-refractivity contribution in [1.82, 2.24) is 5.32 Å². The fourth-order valence-electron chi connectivity index (χ4n) is 2.22. The smallest absolute Gasteiger partial charge is 0.256 e. The Morgan fingerprint density at radius 2 is 1.94 bits per heavy atom. The van der Waals surface area contributed by atoms with Crippen LogP contribution in [0, 0.1) is 10.8 Å². The van der Waals surface area contributed by atoms with Gasteiger partial charge in [0.1, 0.15) is 0 Å². The normalized spacial score (nSPS) is 21.8. The lowest BCUT2D eigenvalue weighted by molar-refractivity contribution is 0.0943. The van der Waals surface area contributed by atoms with Crippen molar-refractivity contribution < 1.29 is 9.21 Å².